The van der Waals surface area contributed by atoms with Crippen molar-refractivity contribution in [3.63, 3.8) is 0 Å². The Bertz CT molecular complexity index is 1100. The summed E-state index contributed by atoms with van der Waals surface area (Å²) in [5, 5.41) is 0. The second kappa shape index (κ2) is 8.24. The molecule has 4 rings (SSSR count). The van der Waals surface area contributed by atoms with Gasteiger partial charge >= 0.3 is 12.1 Å². The molecule has 1 saturated heterocycles. The number of hydrogen-bond acceptors (Lipinski definition) is 6. The Labute approximate surface area is 172 Å². The van der Waals surface area contributed by atoms with E-state index in [1.807, 2.05) is 30.3 Å². The summed E-state index contributed by atoms with van der Waals surface area (Å²) in [6, 6.07) is 12.6. The Morgan fingerprint density at radius 3 is 2.60 bits per heavy atom. The quantitative estimate of drug-likeness (QED) is 0.614. The van der Waals surface area contributed by atoms with Crippen molar-refractivity contribution in [1.82, 2.24) is 14.3 Å². The average molecular weight is 408 g/mol. The van der Waals surface area contributed by atoms with Gasteiger partial charge in [-0.1, -0.05) is 30.3 Å². The molecule has 0 aliphatic carbocycles. The van der Waals surface area contributed by atoms with Crippen LogP contribution in [-0.2, 0) is 20.9 Å². The van der Waals surface area contributed by atoms with E-state index >= 15 is 0 Å². The molecule has 2 aromatic heterocycles. The number of carbonyl (C=O) groups excluding carboxylic acids is 3. The maximum Gasteiger partial charge on any atom is 0.410 e. The van der Waals surface area contributed by atoms with Crippen molar-refractivity contribution in [3.05, 3.63) is 66.0 Å². The minimum atomic E-state index is -0.524. The van der Waals surface area contributed by atoms with Gasteiger partial charge in [0.2, 0.25) is 5.91 Å². The average Bonchev–Trinajstić information content (AvgIpc) is 3.20. The van der Waals surface area contributed by atoms with Crippen molar-refractivity contribution in [1.29, 1.82) is 0 Å². The summed E-state index contributed by atoms with van der Waals surface area (Å²) >= 11 is 0. The number of hydrogen-bond donors (Lipinski definition) is 0. The number of piperazine rings is 1. The molecule has 3 heterocycles. The zero-order chi connectivity index (χ0) is 21.1. The van der Waals surface area contributed by atoms with Crippen LogP contribution in [0.3, 0.4) is 0 Å². The Balaban J connectivity index is 1.41. The monoisotopic (exact) mass is 408 g/mol. The number of fused-ring (bicyclic) bond motifs is 1. The maximum atomic E-state index is 12.6. The van der Waals surface area contributed by atoms with Crippen LogP contribution in [-0.4, -0.2) is 59.0 Å². The highest BCUT2D eigenvalue weighted by atomic mass is 16.6. The highest BCUT2D eigenvalue weighted by Crippen LogP contribution is 2.19. The molecule has 0 saturated carbocycles. The lowest BCUT2D eigenvalue weighted by atomic mass is 10.2. The van der Waals surface area contributed by atoms with Crippen LogP contribution in [0.15, 0.2) is 54.9 Å². The number of esters is 1. The molecule has 9 heteroatoms. The van der Waals surface area contributed by atoms with Crippen LogP contribution in [0.25, 0.3) is 5.65 Å². The van der Waals surface area contributed by atoms with Crippen LogP contribution in [0.2, 0.25) is 0 Å². The van der Waals surface area contributed by atoms with E-state index in [4.69, 9.17) is 9.47 Å². The number of nitrogens with zero attached hydrogens (tertiary/aromatic N) is 4. The first-order valence-electron chi connectivity index (χ1n) is 9.38. The van der Waals surface area contributed by atoms with Crippen LogP contribution in [0.4, 0.5) is 10.6 Å². The van der Waals surface area contributed by atoms with E-state index in [1.54, 1.807) is 28.9 Å². The topological polar surface area (TPSA) is 93.4 Å². The minimum Gasteiger partial charge on any atom is -0.465 e. The molecule has 1 fully saturated rings. The Kier molecular flexibility index (Phi) is 5.34. The van der Waals surface area contributed by atoms with Crippen LogP contribution in [0, 0.1) is 0 Å². The molecule has 1 aliphatic heterocycles. The number of ether oxygens (including phenoxy) is 2. The largest absolute Gasteiger partial charge is 0.465 e. The van der Waals surface area contributed by atoms with Gasteiger partial charge in [-0.2, -0.15) is 0 Å². The summed E-state index contributed by atoms with van der Waals surface area (Å²) in [6.45, 7) is 0.700. The fourth-order valence-electron chi connectivity index (χ4n) is 3.23. The third kappa shape index (κ3) is 3.95. The number of amides is 2. The third-order valence-corrected chi connectivity index (χ3v) is 4.82. The van der Waals surface area contributed by atoms with Gasteiger partial charge in [0.25, 0.3) is 0 Å². The van der Waals surface area contributed by atoms with Crippen molar-refractivity contribution in [2.75, 3.05) is 31.6 Å². The van der Waals surface area contributed by atoms with Crippen LogP contribution in [0.1, 0.15) is 15.9 Å². The molecule has 2 amide bonds. The summed E-state index contributed by atoms with van der Waals surface area (Å²) < 4.78 is 11.7. The van der Waals surface area contributed by atoms with E-state index in [0.717, 1.165) is 5.56 Å². The second-order valence-corrected chi connectivity index (χ2v) is 6.78. The van der Waals surface area contributed by atoms with E-state index in [0.29, 0.717) is 30.1 Å². The summed E-state index contributed by atoms with van der Waals surface area (Å²) in [7, 11) is 1.31. The van der Waals surface area contributed by atoms with Gasteiger partial charge in [0.15, 0.2) is 5.82 Å². The summed E-state index contributed by atoms with van der Waals surface area (Å²) in [5.74, 6) is -0.250. The Hall–Kier alpha value is -3.88. The van der Waals surface area contributed by atoms with E-state index < -0.39 is 12.1 Å². The number of benzene rings is 1. The highest BCUT2D eigenvalue weighted by molar-refractivity contribution is 5.97. The molecule has 1 aliphatic rings. The second-order valence-electron chi connectivity index (χ2n) is 6.78. The molecule has 0 unspecified atom stereocenters. The fraction of sp³-hybridized carbons (Fsp3) is 0.238. The molecule has 0 bridgehead atoms. The van der Waals surface area contributed by atoms with Crippen molar-refractivity contribution in [2.45, 2.75) is 6.61 Å². The SMILES string of the molecule is COC(=O)c1ccc2nc(N3CCN(C(=O)OCc4ccccc4)CC3=O)cn2c1. The third-order valence-electron chi connectivity index (χ3n) is 4.82. The molecule has 0 atom stereocenters. The molecule has 9 nitrogen and oxygen atoms in total. The number of methoxy groups -OCH3 is 1. The van der Waals surface area contributed by atoms with Crippen LogP contribution in [0.5, 0.6) is 0 Å². The van der Waals surface area contributed by atoms with Gasteiger partial charge in [-0.25, -0.2) is 14.6 Å². The number of carbonyl (C=O) groups is 3. The lowest BCUT2D eigenvalue weighted by Gasteiger charge is -2.32. The molecular weight excluding hydrogens is 388 g/mol. The van der Waals surface area contributed by atoms with Crippen LogP contribution < -0.4 is 4.90 Å². The van der Waals surface area contributed by atoms with Crippen LogP contribution >= 0.6 is 0 Å². The predicted molar refractivity (Wildman–Crippen MR) is 107 cm³/mol. The van der Waals surface area contributed by atoms with Crippen molar-refractivity contribution in [2.24, 2.45) is 0 Å². The van der Waals surface area contributed by atoms with E-state index in [2.05, 4.69) is 4.98 Å². The summed E-state index contributed by atoms with van der Waals surface area (Å²) in [5.41, 5.74) is 1.85. The molecular formula is C21H20N4O5. The lowest BCUT2D eigenvalue weighted by Crippen LogP contribution is -2.52. The molecule has 0 radical (unpaired) electrons. The maximum absolute atomic E-state index is 12.6. The molecule has 1 aromatic carbocycles. The van der Waals surface area contributed by atoms with Gasteiger partial charge in [-0.3, -0.25) is 14.6 Å². The molecule has 154 valence electrons. The summed E-state index contributed by atoms with van der Waals surface area (Å²) in [6.07, 6.45) is 2.74. The molecule has 0 spiro atoms. The van der Waals surface area contributed by atoms with E-state index in [9.17, 15) is 14.4 Å². The van der Waals surface area contributed by atoms with Gasteiger partial charge in [0, 0.05) is 19.3 Å². The predicted octanol–water partition coefficient (Wildman–Crippen LogP) is 2.11. The van der Waals surface area contributed by atoms with Crippen molar-refractivity contribution >= 4 is 29.4 Å². The van der Waals surface area contributed by atoms with Crippen molar-refractivity contribution < 1.29 is 23.9 Å². The zero-order valence-corrected chi connectivity index (χ0v) is 16.4. The first kappa shape index (κ1) is 19.4. The molecule has 0 N–H and O–H groups in total. The fourth-order valence-corrected chi connectivity index (χ4v) is 3.23. The first-order valence-corrected chi connectivity index (χ1v) is 9.38. The van der Waals surface area contributed by atoms with Gasteiger partial charge in [-0.05, 0) is 17.7 Å². The normalized spacial score (nSPS) is 14.1. The number of rotatable bonds is 4. The van der Waals surface area contributed by atoms with E-state index in [1.165, 1.54) is 16.9 Å². The zero-order valence-electron chi connectivity index (χ0n) is 16.4. The minimum absolute atomic E-state index is 0.0884. The number of aromatic nitrogens is 2. The first-order chi connectivity index (χ1) is 14.5. The standard InChI is InChI=1S/C21H20N4O5/c1-29-20(27)16-7-8-17-22-18(12-24(17)11-16)25-10-9-23(13-19(25)26)21(28)30-14-15-5-3-2-4-6-15/h2-8,11-12H,9-10,13-14H2,1H3. The number of imidazole rings is 1. The smallest absolute Gasteiger partial charge is 0.410 e. The molecule has 3 aromatic rings. The van der Waals surface area contributed by atoms with Gasteiger partial charge < -0.3 is 13.9 Å². The Morgan fingerprint density at radius 1 is 1.07 bits per heavy atom. The van der Waals surface area contributed by atoms with Gasteiger partial charge in [-0.15, -0.1) is 0 Å². The lowest BCUT2D eigenvalue weighted by molar-refractivity contribution is -0.121. The number of anilines is 1. The van der Waals surface area contributed by atoms with E-state index in [-0.39, 0.29) is 19.1 Å². The Morgan fingerprint density at radius 2 is 1.87 bits per heavy atom. The molecule has 30 heavy (non-hydrogen) atoms. The van der Waals surface area contributed by atoms with Gasteiger partial charge in [0.1, 0.15) is 18.8 Å². The highest BCUT2D eigenvalue weighted by Gasteiger charge is 2.30. The van der Waals surface area contributed by atoms with Crippen molar-refractivity contribution in [3.8, 4) is 0 Å². The van der Waals surface area contributed by atoms with Gasteiger partial charge in [0.05, 0.1) is 18.9 Å². The number of pyridine rings is 1. The summed E-state index contributed by atoms with van der Waals surface area (Å²) in [4.78, 5) is 44.0.